The maximum absolute atomic E-state index is 6.16. The summed E-state index contributed by atoms with van der Waals surface area (Å²) in [5, 5.41) is 1.23. The Labute approximate surface area is 172 Å². The maximum Gasteiger partial charge on any atom is 0.0595 e. The fourth-order valence-electron chi connectivity index (χ4n) is 2.94. The van der Waals surface area contributed by atoms with Gasteiger partial charge in [0.1, 0.15) is 0 Å². The normalized spacial score (nSPS) is 17.6. The molecule has 3 rings (SSSR count). The van der Waals surface area contributed by atoms with Gasteiger partial charge in [-0.15, -0.1) is 0 Å². The number of hydrogen-bond donors (Lipinski definition) is 0. The largest absolute Gasteiger partial charge is 0.292 e. The second kappa shape index (κ2) is 10.2. The Morgan fingerprint density at radius 3 is 2.39 bits per heavy atom. The third kappa shape index (κ3) is 4.83. The molecule has 0 saturated carbocycles. The number of rotatable bonds is 1. The Balaban J connectivity index is 0.000000849. The molecular formula is C18H19Cl2I2N. The SMILES string of the molecule is C.CN=C1CCC(c2ccc(Cl)c(Cl)c2)c2ccccc21.II. The lowest BCUT2D eigenvalue weighted by molar-refractivity contribution is 0.722. The van der Waals surface area contributed by atoms with E-state index in [1.54, 1.807) is 0 Å². The van der Waals surface area contributed by atoms with Crippen LogP contribution < -0.4 is 0 Å². The molecule has 5 heteroatoms. The zero-order valence-corrected chi connectivity index (χ0v) is 17.8. The van der Waals surface area contributed by atoms with E-state index in [4.69, 9.17) is 23.2 Å². The van der Waals surface area contributed by atoms with E-state index in [1.165, 1.54) is 22.4 Å². The summed E-state index contributed by atoms with van der Waals surface area (Å²) in [6.07, 6.45) is 2.06. The summed E-state index contributed by atoms with van der Waals surface area (Å²) in [6, 6.07) is 14.4. The van der Waals surface area contributed by atoms with Gasteiger partial charge in [0.25, 0.3) is 0 Å². The van der Waals surface area contributed by atoms with Crippen LogP contribution in [0.4, 0.5) is 0 Å². The van der Waals surface area contributed by atoms with E-state index in [2.05, 4.69) is 72.6 Å². The average molecular weight is 574 g/mol. The van der Waals surface area contributed by atoms with Gasteiger partial charge in [0.05, 0.1) is 10.0 Å². The molecule has 2 aromatic rings. The maximum atomic E-state index is 6.16. The quantitative estimate of drug-likeness (QED) is 0.309. The minimum Gasteiger partial charge on any atom is -0.292 e. The van der Waals surface area contributed by atoms with Gasteiger partial charge in [0.2, 0.25) is 0 Å². The lowest BCUT2D eigenvalue weighted by atomic mass is 9.78. The van der Waals surface area contributed by atoms with Crippen LogP contribution >= 0.6 is 60.4 Å². The first-order chi connectivity index (χ1) is 10.7. The molecule has 0 aromatic heterocycles. The van der Waals surface area contributed by atoms with Crippen LogP contribution in [-0.4, -0.2) is 12.8 Å². The van der Waals surface area contributed by atoms with Crippen molar-refractivity contribution in [2.75, 3.05) is 7.05 Å². The Morgan fingerprint density at radius 1 is 1.04 bits per heavy atom. The number of halogens is 4. The Bertz CT molecular complexity index is 686. The topological polar surface area (TPSA) is 12.4 Å². The summed E-state index contributed by atoms with van der Waals surface area (Å²) in [4.78, 5) is 4.42. The third-order valence-corrected chi connectivity index (χ3v) is 4.67. The number of benzene rings is 2. The van der Waals surface area contributed by atoms with Crippen LogP contribution in [0.1, 0.15) is 42.9 Å². The van der Waals surface area contributed by atoms with Gasteiger partial charge >= 0.3 is 0 Å². The summed E-state index contributed by atoms with van der Waals surface area (Å²) in [5.74, 6) is 0.367. The van der Waals surface area contributed by atoms with E-state index >= 15 is 0 Å². The highest BCUT2D eigenvalue weighted by atomic mass is 128. The molecule has 0 aliphatic heterocycles. The summed E-state index contributed by atoms with van der Waals surface area (Å²) in [5.41, 5.74) is 5.01. The zero-order valence-electron chi connectivity index (χ0n) is 12.0. The van der Waals surface area contributed by atoms with Crippen LogP contribution in [-0.2, 0) is 0 Å². The van der Waals surface area contributed by atoms with Gasteiger partial charge in [-0.2, -0.15) is 0 Å². The number of nitrogens with zero attached hydrogens (tertiary/aromatic N) is 1. The van der Waals surface area contributed by atoms with Gasteiger partial charge in [-0.1, -0.05) is 61.0 Å². The highest BCUT2D eigenvalue weighted by Crippen LogP contribution is 2.38. The minimum absolute atomic E-state index is 0. The number of fused-ring (bicyclic) bond motifs is 1. The van der Waals surface area contributed by atoms with E-state index in [-0.39, 0.29) is 7.43 Å². The van der Waals surface area contributed by atoms with Crippen molar-refractivity contribution in [3.63, 3.8) is 0 Å². The molecule has 0 saturated heterocycles. The van der Waals surface area contributed by atoms with Crippen molar-refractivity contribution in [1.29, 1.82) is 0 Å². The Kier molecular flexibility index (Phi) is 9.41. The third-order valence-electron chi connectivity index (χ3n) is 3.93. The van der Waals surface area contributed by atoms with Crippen molar-refractivity contribution in [2.45, 2.75) is 26.2 Å². The predicted molar refractivity (Wildman–Crippen MR) is 121 cm³/mol. The molecular weight excluding hydrogens is 555 g/mol. The molecule has 1 atom stereocenters. The lowest BCUT2D eigenvalue weighted by Gasteiger charge is -2.27. The molecule has 0 fully saturated rings. The Hall–Kier alpha value is 0.150. The van der Waals surface area contributed by atoms with Gasteiger partial charge in [-0.05, 0) is 41.7 Å². The van der Waals surface area contributed by atoms with Crippen LogP contribution in [0.15, 0.2) is 47.5 Å². The van der Waals surface area contributed by atoms with Gasteiger partial charge in [0.15, 0.2) is 0 Å². The molecule has 0 N–H and O–H groups in total. The molecule has 0 bridgehead atoms. The standard InChI is InChI=1S/C17H15Cl2N.CH4.I2/c1-20-17-9-7-12(13-4-2-3-5-14(13)17)11-6-8-15(18)16(19)10-11;;1-2/h2-6,8,10,12H,7,9H2,1H3;1H4;. The van der Waals surface area contributed by atoms with E-state index in [0.717, 1.165) is 12.8 Å². The summed E-state index contributed by atoms with van der Waals surface area (Å²) >= 11 is 16.4. The van der Waals surface area contributed by atoms with Crippen LogP contribution in [0, 0.1) is 0 Å². The van der Waals surface area contributed by atoms with Crippen LogP contribution in [0.25, 0.3) is 0 Å². The van der Waals surface area contributed by atoms with Crippen molar-refractivity contribution >= 4 is 66.1 Å². The molecule has 1 aliphatic rings. The van der Waals surface area contributed by atoms with Gasteiger partial charge in [-0.25, -0.2) is 0 Å². The van der Waals surface area contributed by atoms with E-state index < -0.39 is 0 Å². The second-order valence-electron chi connectivity index (χ2n) is 5.02. The van der Waals surface area contributed by atoms with Crippen molar-refractivity contribution in [1.82, 2.24) is 0 Å². The summed E-state index contributed by atoms with van der Waals surface area (Å²) < 4.78 is 0. The fraction of sp³-hybridized carbons (Fsp3) is 0.278. The molecule has 23 heavy (non-hydrogen) atoms. The van der Waals surface area contributed by atoms with Crippen LogP contribution in [0.3, 0.4) is 0 Å². The van der Waals surface area contributed by atoms with Crippen LogP contribution in [0.2, 0.25) is 10.0 Å². The molecule has 1 nitrogen and oxygen atoms in total. The molecule has 1 aliphatic carbocycles. The van der Waals surface area contributed by atoms with E-state index in [9.17, 15) is 0 Å². The van der Waals surface area contributed by atoms with Crippen molar-refractivity contribution in [3.8, 4) is 0 Å². The van der Waals surface area contributed by atoms with E-state index in [0.29, 0.717) is 16.0 Å². The highest BCUT2D eigenvalue weighted by Gasteiger charge is 2.25. The Morgan fingerprint density at radius 2 is 1.74 bits per heavy atom. The van der Waals surface area contributed by atoms with Crippen molar-refractivity contribution < 1.29 is 0 Å². The molecule has 0 heterocycles. The van der Waals surface area contributed by atoms with Gasteiger partial charge < -0.3 is 0 Å². The lowest BCUT2D eigenvalue weighted by Crippen LogP contribution is -2.17. The first-order valence-corrected chi connectivity index (χ1v) is 13.9. The molecule has 0 radical (unpaired) electrons. The second-order valence-corrected chi connectivity index (χ2v) is 5.84. The summed E-state index contributed by atoms with van der Waals surface area (Å²) in [6.45, 7) is 0. The fourth-order valence-corrected chi connectivity index (χ4v) is 3.25. The van der Waals surface area contributed by atoms with Gasteiger partial charge in [0, 0.05) is 55.9 Å². The minimum atomic E-state index is 0. The van der Waals surface area contributed by atoms with E-state index in [1.807, 2.05) is 19.2 Å². The molecule has 0 amide bonds. The zero-order chi connectivity index (χ0) is 16.1. The smallest absolute Gasteiger partial charge is 0.0595 e. The van der Waals surface area contributed by atoms with Gasteiger partial charge in [-0.3, -0.25) is 4.99 Å². The highest BCUT2D eigenvalue weighted by molar-refractivity contribution is 15.0. The molecule has 2 aromatic carbocycles. The van der Waals surface area contributed by atoms with Crippen molar-refractivity contribution in [2.24, 2.45) is 4.99 Å². The number of aliphatic imine (C=N–C) groups is 1. The number of hydrogen-bond acceptors (Lipinski definition) is 1. The first-order valence-electron chi connectivity index (χ1n) is 6.85. The average Bonchev–Trinajstić information content (AvgIpc) is 2.58. The molecule has 1 unspecified atom stereocenters. The molecule has 124 valence electrons. The van der Waals surface area contributed by atoms with Crippen molar-refractivity contribution in [3.05, 3.63) is 69.2 Å². The van der Waals surface area contributed by atoms with Crippen LogP contribution in [0.5, 0.6) is 0 Å². The first kappa shape index (κ1) is 21.2. The predicted octanol–water partition coefficient (Wildman–Crippen LogP) is 7.75. The monoisotopic (exact) mass is 573 g/mol. The molecule has 0 spiro atoms. The summed E-state index contributed by atoms with van der Waals surface area (Å²) in [7, 11) is 1.87.